The lowest BCUT2D eigenvalue weighted by atomic mass is 9.96. The van der Waals surface area contributed by atoms with Gasteiger partial charge in [0, 0.05) is 3.57 Å². The molecule has 1 nitrogen and oxygen atoms in total. The van der Waals surface area contributed by atoms with Gasteiger partial charge in [-0.25, -0.2) is 0 Å². The van der Waals surface area contributed by atoms with Crippen LogP contribution in [0.25, 0.3) is 0 Å². The molecule has 2 aromatic carbocycles. The van der Waals surface area contributed by atoms with E-state index in [1.807, 2.05) is 12.1 Å². The summed E-state index contributed by atoms with van der Waals surface area (Å²) in [6.45, 7) is 4.41. The van der Waals surface area contributed by atoms with Crippen LogP contribution in [-0.2, 0) is 0 Å². The topological polar surface area (TPSA) is 26.0 Å². The Morgan fingerprint density at radius 1 is 0.889 bits per heavy atom. The quantitative estimate of drug-likeness (QED) is 0.812. The van der Waals surface area contributed by atoms with E-state index in [0.29, 0.717) is 5.92 Å². The molecule has 0 aromatic heterocycles. The first kappa shape index (κ1) is 13.6. The molecule has 1 unspecified atom stereocenters. The van der Waals surface area contributed by atoms with E-state index in [4.69, 9.17) is 5.73 Å². The standard InChI is InChI=1S/C16H18IN/c1-11(2)12-7-9-13(10-8-12)16(18)14-5-3-4-6-15(14)17/h3-11,16H,18H2,1-2H3. The van der Waals surface area contributed by atoms with Crippen molar-refractivity contribution in [1.29, 1.82) is 0 Å². The lowest BCUT2D eigenvalue weighted by Gasteiger charge is -2.15. The SMILES string of the molecule is CC(C)c1ccc(C(N)c2ccccc2I)cc1. The third-order valence-electron chi connectivity index (χ3n) is 3.20. The van der Waals surface area contributed by atoms with Gasteiger partial charge in [-0.1, -0.05) is 56.3 Å². The molecule has 0 heterocycles. The molecule has 0 amide bonds. The van der Waals surface area contributed by atoms with E-state index in [2.05, 4.69) is 72.8 Å². The van der Waals surface area contributed by atoms with Gasteiger partial charge in [0.1, 0.15) is 0 Å². The second-order valence-corrected chi connectivity index (χ2v) is 5.98. The average molecular weight is 351 g/mol. The first-order chi connectivity index (χ1) is 8.59. The van der Waals surface area contributed by atoms with Crippen LogP contribution in [0.2, 0.25) is 0 Å². The molecule has 0 saturated carbocycles. The average Bonchev–Trinajstić information content (AvgIpc) is 2.38. The van der Waals surface area contributed by atoms with Gasteiger partial charge in [0.2, 0.25) is 0 Å². The molecule has 1 atom stereocenters. The number of hydrogen-bond donors (Lipinski definition) is 1. The maximum Gasteiger partial charge on any atom is 0.0562 e. The number of nitrogens with two attached hydrogens (primary N) is 1. The van der Waals surface area contributed by atoms with Crippen LogP contribution in [0.15, 0.2) is 48.5 Å². The Bertz CT molecular complexity index is 517. The predicted octanol–water partition coefficient (Wildman–Crippen LogP) is 4.46. The van der Waals surface area contributed by atoms with Crippen molar-refractivity contribution in [1.82, 2.24) is 0 Å². The zero-order valence-electron chi connectivity index (χ0n) is 10.7. The summed E-state index contributed by atoms with van der Waals surface area (Å²) in [6, 6.07) is 16.9. The molecule has 0 aliphatic rings. The molecule has 94 valence electrons. The molecular formula is C16H18IN. The maximum absolute atomic E-state index is 6.34. The summed E-state index contributed by atoms with van der Waals surface area (Å²) >= 11 is 2.34. The third-order valence-corrected chi connectivity index (χ3v) is 4.18. The van der Waals surface area contributed by atoms with Gasteiger partial charge < -0.3 is 5.73 Å². The van der Waals surface area contributed by atoms with Crippen LogP contribution in [0.3, 0.4) is 0 Å². The van der Waals surface area contributed by atoms with Crippen LogP contribution >= 0.6 is 22.6 Å². The summed E-state index contributed by atoms with van der Waals surface area (Å²) in [7, 11) is 0. The highest BCUT2D eigenvalue weighted by molar-refractivity contribution is 14.1. The summed E-state index contributed by atoms with van der Waals surface area (Å²) in [5, 5.41) is 0. The highest BCUT2D eigenvalue weighted by Gasteiger charge is 2.11. The Hall–Kier alpha value is -0.870. The van der Waals surface area contributed by atoms with E-state index >= 15 is 0 Å². The van der Waals surface area contributed by atoms with Gasteiger partial charge in [0.25, 0.3) is 0 Å². The van der Waals surface area contributed by atoms with E-state index in [1.54, 1.807) is 0 Å². The fraction of sp³-hybridized carbons (Fsp3) is 0.250. The van der Waals surface area contributed by atoms with E-state index in [-0.39, 0.29) is 6.04 Å². The normalized spacial score (nSPS) is 12.7. The molecule has 0 spiro atoms. The summed E-state index contributed by atoms with van der Waals surface area (Å²) in [6.07, 6.45) is 0. The smallest absolute Gasteiger partial charge is 0.0562 e. The minimum Gasteiger partial charge on any atom is -0.320 e. The molecule has 0 radical (unpaired) electrons. The van der Waals surface area contributed by atoms with Gasteiger partial charge in [0.05, 0.1) is 6.04 Å². The molecule has 2 aromatic rings. The van der Waals surface area contributed by atoms with Gasteiger partial charge in [-0.3, -0.25) is 0 Å². The van der Waals surface area contributed by atoms with E-state index in [9.17, 15) is 0 Å². The van der Waals surface area contributed by atoms with Gasteiger partial charge in [-0.05, 0) is 51.3 Å². The fourth-order valence-corrected chi connectivity index (χ4v) is 2.72. The van der Waals surface area contributed by atoms with E-state index in [0.717, 1.165) is 0 Å². The molecule has 0 aliphatic carbocycles. The Balaban J connectivity index is 2.29. The molecule has 0 fully saturated rings. The summed E-state index contributed by atoms with van der Waals surface area (Å²) in [5.41, 5.74) is 10.1. The molecule has 2 N–H and O–H groups in total. The molecular weight excluding hydrogens is 333 g/mol. The van der Waals surface area contributed by atoms with Crippen LogP contribution < -0.4 is 5.73 Å². The monoisotopic (exact) mass is 351 g/mol. The van der Waals surface area contributed by atoms with Gasteiger partial charge in [-0.15, -0.1) is 0 Å². The van der Waals surface area contributed by atoms with Gasteiger partial charge in [0.15, 0.2) is 0 Å². The van der Waals surface area contributed by atoms with Crippen LogP contribution in [-0.4, -0.2) is 0 Å². The van der Waals surface area contributed by atoms with Crippen molar-refractivity contribution in [3.8, 4) is 0 Å². The number of halogens is 1. The van der Waals surface area contributed by atoms with Crippen molar-refractivity contribution in [3.05, 3.63) is 68.8 Å². The van der Waals surface area contributed by atoms with Gasteiger partial charge in [-0.2, -0.15) is 0 Å². The summed E-state index contributed by atoms with van der Waals surface area (Å²) in [4.78, 5) is 0. The fourth-order valence-electron chi connectivity index (χ4n) is 2.00. The van der Waals surface area contributed by atoms with Crippen molar-refractivity contribution in [2.24, 2.45) is 5.73 Å². The minimum absolute atomic E-state index is 0.0423. The highest BCUT2D eigenvalue weighted by atomic mass is 127. The van der Waals surface area contributed by atoms with Gasteiger partial charge >= 0.3 is 0 Å². The highest BCUT2D eigenvalue weighted by Crippen LogP contribution is 2.25. The van der Waals surface area contributed by atoms with Crippen molar-refractivity contribution in [2.75, 3.05) is 0 Å². The zero-order chi connectivity index (χ0) is 13.1. The summed E-state index contributed by atoms with van der Waals surface area (Å²) < 4.78 is 1.22. The van der Waals surface area contributed by atoms with Crippen molar-refractivity contribution >= 4 is 22.6 Å². The summed E-state index contributed by atoms with van der Waals surface area (Å²) in [5.74, 6) is 0.562. The van der Waals surface area contributed by atoms with Crippen LogP contribution in [0, 0.1) is 3.57 Å². The molecule has 0 saturated heterocycles. The third kappa shape index (κ3) is 2.93. The number of benzene rings is 2. The van der Waals surface area contributed by atoms with Crippen molar-refractivity contribution in [2.45, 2.75) is 25.8 Å². The first-order valence-electron chi connectivity index (χ1n) is 6.19. The second kappa shape index (κ2) is 5.85. The van der Waals surface area contributed by atoms with Crippen LogP contribution in [0.4, 0.5) is 0 Å². The first-order valence-corrected chi connectivity index (χ1v) is 7.27. The van der Waals surface area contributed by atoms with E-state index in [1.165, 1.54) is 20.3 Å². The maximum atomic E-state index is 6.34. The van der Waals surface area contributed by atoms with E-state index < -0.39 is 0 Å². The minimum atomic E-state index is -0.0423. The lowest BCUT2D eigenvalue weighted by molar-refractivity contribution is 0.845. The lowest BCUT2D eigenvalue weighted by Crippen LogP contribution is -2.13. The molecule has 2 rings (SSSR count). The number of hydrogen-bond acceptors (Lipinski definition) is 1. The Morgan fingerprint density at radius 2 is 1.44 bits per heavy atom. The Kier molecular flexibility index (Phi) is 4.40. The largest absolute Gasteiger partial charge is 0.320 e. The molecule has 2 heteroatoms. The number of rotatable bonds is 3. The van der Waals surface area contributed by atoms with Crippen LogP contribution in [0.5, 0.6) is 0 Å². The molecule has 18 heavy (non-hydrogen) atoms. The van der Waals surface area contributed by atoms with Crippen molar-refractivity contribution in [3.63, 3.8) is 0 Å². The molecule has 0 aliphatic heterocycles. The predicted molar refractivity (Wildman–Crippen MR) is 85.7 cm³/mol. The second-order valence-electron chi connectivity index (χ2n) is 4.82. The Labute approximate surface area is 123 Å². The Morgan fingerprint density at radius 3 is 2.00 bits per heavy atom. The molecule has 0 bridgehead atoms. The van der Waals surface area contributed by atoms with Crippen LogP contribution in [0.1, 0.15) is 42.5 Å². The van der Waals surface area contributed by atoms with Crippen molar-refractivity contribution < 1.29 is 0 Å². The zero-order valence-corrected chi connectivity index (χ0v) is 12.9.